The van der Waals surface area contributed by atoms with E-state index in [4.69, 9.17) is 34.7 Å². The van der Waals surface area contributed by atoms with E-state index < -0.39 is 5.91 Å². The van der Waals surface area contributed by atoms with Crippen LogP contribution in [0.2, 0.25) is 10.0 Å². The summed E-state index contributed by atoms with van der Waals surface area (Å²) in [6.45, 7) is 0. The van der Waals surface area contributed by atoms with E-state index in [2.05, 4.69) is 4.99 Å². The number of guanidine groups is 1. The van der Waals surface area contributed by atoms with Crippen LogP contribution in [-0.4, -0.2) is 11.9 Å². The van der Waals surface area contributed by atoms with Crippen LogP contribution in [0.15, 0.2) is 47.5 Å². The minimum atomic E-state index is -0.452. The molecular weight excluding hydrogens is 309 g/mol. The van der Waals surface area contributed by atoms with Crippen LogP contribution in [0.3, 0.4) is 0 Å². The lowest BCUT2D eigenvalue weighted by molar-refractivity contribution is -0.117. The molecule has 0 aliphatic rings. The Labute approximate surface area is 132 Å². The number of amides is 1. The molecule has 0 aromatic heterocycles. The second-order valence-electron chi connectivity index (χ2n) is 4.38. The summed E-state index contributed by atoms with van der Waals surface area (Å²) < 4.78 is 0. The molecule has 0 saturated carbocycles. The van der Waals surface area contributed by atoms with Gasteiger partial charge in [-0.3, -0.25) is 4.79 Å². The van der Waals surface area contributed by atoms with Crippen LogP contribution in [-0.2, 0) is 11.2 Å². The van der Waals surface area contributed by atoms with Gasteiger partial charge in [0.1, 0.15) is 0 Å². The highest BCUT2D eigenvalue weighted by Gasteiger charge is 2.13. The molecule has 2 aromatic carbocycles. The van der Waals surface area contributed by atoms with E-state index in [1.165, 1.54) is 0 Å². The molecule has 0 unspecified atom stereocenters. The van der Waals surface area contributed by atoms with Crippen molar-refractivity contribution >= 4 is 35.1 Å². The first-order valence-corrected chi connectivity index (χ1v) is 6.89. The summed E-state index contributed by atoms with van der Waals surface area (Å²) in [7, 11) is 0. The number of nitrogens with zero attached hydrogens (tertiary/aromatic N) is 1. The molecule has 2 rings (SSSR count). The highest BCUT2D eigenvalue weighted by molar-refractivity contribution is 6.32. The molecule has 0 bridgehead atoms. The summed E-state index contributed by atoms with van der Waals surface area (Å²) >= 11 is 12.2. The molecule has 0 atom stereocenters. The predicted octanol–water partition coefficient (Wildman–Crippen LogP) is 3.00. The van der Waals surface area contributed by atoms with Crippen molar-refractivity contribution < 1.29 is 4.79 Å². The van der Waals surface area contributed by atoms with Gasteiger partial charge >= 0.3 is 0 Å². The molecule has 0 spiro atoms. The molecule has 2 aromatic rings. The molecule has 1 amide bonds. The zero-order chi connectivity index (χ0) is 15.4. The maximum Gasteiger partial charge on any atom is 0.253 e. The number of hydrogen-bond acceptors (Lipinski definition) is 1. The van der Waals surface area contributed by atoms with Crippen LogP contribution in [0.25, 0.3) is 11.1 Å². The van der Waals surface area contributed by atoms with Crippen molar-refractivity contribution in [1.29, 1.82) is 0 Å². The molecule has 0 aliphatic heterocycles. The molecule has 4 N–H and O–H groups in total. The van der Waals surface area contributed by atoms with Crippen LogP contribution < -0.4 is 11.5 Å². The van der Waals surface area contributed by atoms with E-state index in [1.54, 1.807) is 12.1 Å². The molecule has 0 heterocycles. The first-order chi connectivity index (χ1) is 9.97. The van der Waals surface area contributed by atoms with Crippen LogP contribution in [0.1, 0.15) is 5.56 Å². The lowest BCUT2D eigenvalue weighted by Gasteiger charge is -2.10. The number of rotatable bonds is 3. The van der Waals surface area contributed by atoms with Crippen molar-refractivity contribution in [2.75, 3.05) is 0 Å². The van der Waals surface area contributed by atoms with Crippen LogP contribution >= 0.6 is 23.2 Å². The van der Waals surface area contributed by atoms with E-state index in [0.717, 1.165) is 11.1 Å². The van der Waals surface area contributed by atoms with Crippen molar-refractivity contribution in [1.82, 2.24) is 0 Å². The summed E-state index contributed by atoms with van der Waals surface area (Å²) in [4.78, 5) is 15.3. The molecule has 0 fully saturated rings. The molecule has 0 saturated heterocycles. The Morgan fingerprint density at radius 1 is 1.10 bits per heavy atom. The Bertz CT molecular complexity index is 710. The molecular formula is C15H13Cl2N3O. The maximum atomic E-state index is 11.8. The van der Waals surface area contributed by atoms with Gasteiger partial charge in [0, 0.05) is 10.0 Å². The average Bonchev–Trinajstić information content (AvgIpc) is 2.40. The van der Waals surface area contributed by atoms with Crippen LogP contribution in [0.5, 0.6) is 0 Å². The topological polar surface area (TPSA) is 81.5 Å². The molecule has 6 heteroatoms. The quantitative estimate of drug-likeness (QED) is 0.673. The summed E-state index contributed by atoms with van der Waals surface area (Å²) in [5, 5.41) is 1.08. The highest BCUT2D eigenvalue weighted by atomic mass is 35.5. The Morgan fingerprint density at radius 2 is 1.81 bits per heavy atom. The van der Waals surface area contributed by atoms with Crippen molar-refractivity contribution in [2.24, 2.45) is 16.5 Å². The molecule has 108 valence electrons. The number of aliphatic imine (C=N–C) groups is 1. The van der Waals surface area contributed by atoms with Crippen molar-refractivity contribution in [3.63, 3.8) is 0 Å². The number of hydrogen-bond donors (Lipinski definition) is 2. The SMILES string of the molecule is NC(N)=NC(=O)Cc1c(Cl)cccc1-c1cccc(Cl)c1. The smallest absolute Gasteiger partial charge is 0.253 e. The van der Waals surface area contributed by atoms with Crippen molar-refractivity contribution in [2.45, 2.75) is 6.42 Å². The molecule has 0 radical (unpaired) electrons. The summed E-state index contributed by atoms with van der Waals surface area (Å²) in [5.74, 6) is -0.720. The van der Waals surface area contributed by atoms with Gasteiger partial charge in [0.2, 0.25) is 0 Å². The van der Waals surface area contributed by atoms with E-state index in [0.29, 0.717) is 15.6 Å². The Morgan fingerprint density at radius 3 is 2.48 bits per heavy atom. The van der Waals surface area contributed by atoms with E-state index in [1.807, 2.05) is 30.3 Å². The van der Waals surface area contributed by atoms with Crippen LogP contribution in [0.4, 0.5) is 0 Å². The van der Waals surface area contributed by atoms with Gasteiger partial charge in [0.15, 0.2) is 5.96 Å². The largest absolute Gasteiger partial charge is 0.370 e. The minimum absolute atomic E-state index is 0.0133. The third-order valence-electron chi connectivity index (χ3n) is 2.84. The van der Waals surface area contributed by atoms with Gasteiger partial charge < -0.3 is 11.5 Å². The van der Waals surface area contributed by atoms with Crippen molar-refractivity contribution in [3.05, 3.63) is 58.1 Å². The second-order valence-corrected chi connectivity index (χ2v) is 5.23. The summed E-state index contributed by atoms with van der Waals surface area (Å²) in [6.07, 6.45) is 0.0133. The number of benzene rings is 2. The molecule has 0 aliphatic carbocycles. The van der Waals surface area contributed by atoms with E-state index in [-0.39, 0.29) is 12.4 Å². The summed E-state index contributed by atoms with van der Waals surface area (Å²) in [6, 6.07) is 12.7. The second kappa shape index (κ2) is 6.61. The first kappa shape index (κ1) is 15.4. The Balaban J connectivity index is 2.46. The van der Waals surface area contributed by atoms with Crippen LogP contribution in [0, 0.1) is 0 Å². The number of carbonyl (C=O) groups is 1. The van der Waals surface area contributed by atoms with Gasteiger partial charge in [0.25, 0.3) is 5.91 Å². The summed E-state index contributed by atoms with van der Waals surface area (Å²) in [5.41, 5.74) is 12.8. The van der Waals surface area contributed by atoms with Gasteiger partial charge in [-0.25, -0.2) is 0 Å². The van der Waals surface area contributed by atoms with E-state index in [9.17, 15) is 4.79 Å². The lowest BCUT2D eigenvalue weighted by Crippen LogP contribution is -2.24. The Kier molecular flexibility index (Phi) is 4.83. The normalized spacial score (nSPS) is 10.2. The van der Waals surface area contributed by atoms with Gasteiger partial charge in [-0.1, -0.05) is 47.5 Å². The van der Waals surface area contributed by atoms with Crippen molar-refractivity contribution in [3.8, 4) is 11.1 Å². The monoisotopic (exact) mass is 321 g/mol. The predicted molar refractivity (Wildman–Crippen MR) is 86.4 cm³/mol. The zero-order valence-corrected chi connectivity index (χ0v) is 12.5. The maximum absolute atomic E-state index is 11.8. The van der Waals surface area contributed by atoms with Gasteiger partial charge in [-0.2, -0.15) is 4.99 Å². The minimum Gasteiger partial charge on any atom is -0.370 e. The third kappa shape index (κ3) is 3.97. The molecule has 4 nitrogen and oxygen atoms in total. The first-order valence-electron chi connectivity index (χ1n) is 6.13. The van der Waals surface area contributed by atoms with Gasteiger partial charge in [0.05, 0.1) is 6.42 Å². The number of nitrogens with two attached hydrogens (primary N) is 2. The Hall–Kier alpha value is -2.04. The highest BCUT2D eigenvalue weighted by Crippen LogP contribution is 2.31. The lowest BCUT2D eigenvalue weighted by atomic mass is 9.97. The van der Waals surface area contributed by atoms with Gasteiger partial charge in [-0.15, -0.1) is 0 Å². The average molecular weight is 322 g/mol. The standard InChI is InChI=1S/C15H13Cl2N3O/c16-10-4-1-3-9(7-10)11-5-2-6-13(17)12(11)8-14(21)20-15(18)19/h1-7H,8H2,(H4,18,19,20,21). The fourth-order valence-corrected chi connectivity index (χ4v) is 2.43. The molecule has 21 heavy (non-hydrogen) atoms. The third-order valence-corrected chi connectivity index (χ3v) is 3.43. The van der Waals surface area contributed by atoms with Gasteiger partial charge in [-0.05, 0) is 34.9 Å². The fourth-order valence-electron chi connectivity index (χ4n) is 2.00. The number of carbonyl (C=O) groups excluding carboxylic acids is 1. The zero-order valence-electron chi connectivity index (χ0n) is 11.0. The number of halogens is 2. The fraction of sp³-hybridized carbons (Fsp3) is 0.0667. The van der Waals surface area contributed by atoms with E-state index >= 15 is 0 Å².